The third-order valence-corrected chi connectivity index (χ3v) is 5.35. The van der Waals surface area contributed by atoms with Crippen molar-refractivity contribution in [3.8, 4) is 0 Å². The van der Waals surface area contributed by atoms with Crippen molar-refractivity contribution in [1.82, 2.24) is 15.1 Å². The van der Waals surface area contributed by atoms with Crippen LogP contribution in [0.5, 0.6) is 0 Å². The molecule has 0 saturated heterocycles. The number of rotatable bonds is 7. The van der Waals surface area contributed by atoms with Crippen molar-refractivity contribution in [2.75, 3.05) is 13.1 Å². The number of nitrogens with zero attached hydrogens (tertiary/aromatic N) is 2. The van der Waals surface area contributed by atoms with Gasteiger partial charge in [0.15, 0.2) is 0 Å². The van der Waals surface area contributed by atoms with Crippen LogP contribution in [0, 0.1) is 18.8 Å². The number of halogens is 1. The van der Waals surface area contributed by atoms with Crippen LogP contribution in [0.25, 0.3) is 0 Å². The second kappa shape index (κ2) is 6.89. The highest BCUT2D eigenvalue weighted by atomic mass is 79.9. The number of nitrogens with one attached hydrogen (secondary N) is 1. The Balaban J connectivity index is 1.94. The fourth-order valence-electron chi connectivity index (χ4n) is 2.95. The Labute approximate surface area is 125 Å². The topological polar surface area (TPSA) is 29.9 Å². The molecular formula is C15H26BrN3. The van der Waals surface area contributed by atoms with Gasteiger partial charge in [-0.25, -0.2) is 0 Å². The van der Waals surface area contributed by atoms with E-state index in [0.717, 1.165) is 30.6 Å². The molecule has 0 bridgehead atoms. The normalized spacial score (nSPS) is 22.5. The van der Waals surface area contributed by atoms with E-state index >= 15 is 0 Å². The van der Waals surface area contributed by atoms with Gasteiger partial charge >= 0.3 is 0 Å². The minimum atomic E-state index is 0.835. The molecule has 1 N–H and O–H groups in total. The zero-order valence-corrected chi connectivity index (χ0v) is 14.0. The van der Waals surface area contributed by atoms with Crippen molar-refractivity contribution in [3.63, 3.8) is 0 Å². The second-order valence-electron chi connectivity index (χ2n) is 5.67. The van der Waals surface area contributed by atoms with Crippen molar-refractivity contribution in [2.45, 2.75) is 53.0 Å². The summed E-state index contributed by atoms with van der Waals surface area (Å²) >= 11 is 3.71. The molecule has 1 aromatic heterocycles. The van der Waals surface area contributed by atoms with Crippen LogP contribution in [0.4, 0.5) is 0 Å². The molecule has 1 saturated carbocycles. The maximum absolute atomic E-state index is 4.59. The van der Waals surface area contributed by atoms with E-state index in [1.165, 1.54) is 42.4 Å². The summed E-state index contributed by atoms with van der Waals surface area (Å²) in [6.07, 6.45) is 5.16. The molecular weight excluding hydrogens is 302 g/mol. The van der Waals surface area contributed by atoms with Gasteiger partial charge in [0, 0.05) is 6.54 Å². The monoisotopic (exact) mass is 327 g/mol. The van der Waals surface area contributed by atoms with Crippen LogP contribution in [0.2, 0.25) is 0 Å². The smallest absolute Gasteiger partial charge is 0.0738 e. The van der Waals surface area contributed by atoms with E-state index in [4.69, 9.17) is 0 Å². The molecule has 0 amide bonds. The van der Waals surface area contributed by atoms with Crippen molar-refractivity contribution in [3.05, 3.63) is 15.9 Å². The molecule has 1 aliphatic rings. The first-order chi connectivity index (χ1) is 9.17. The molecule has 3 nitrogen and oxygen atoms in total. The summed E-state index contributed by atoms with van der Waals surface area (Å²) in [6, 6.07) is 0. The predicted octanol–water partition coefficient (Wildman–Crippen LogP) is 3.54. The molecule has 0 spiro atoms. The van der Waals surface area contributed by atoms with E-state index in [1.54, 1.807) is 0 Å². The number of hydrogen-bond donors (Lipinski definition) is 1. The SMILES string of the molecule is CCCNCC1CCC1Cc1c(Br)c(C)nn1CC. The minimum absolute atomic E-state index is 0.835. The Kier molecular flexibility index (Phi) is 5.46. The van der Waals surface area contributed by atoms with Crippen molar-refractivity contribution in [1.29, 1.82) is 0 Å². The molecule has 4 heteroatoms. The van der Waals surface area contributed by atoms with Gasteiger partial charge in [-0.05, 0) is 80.4 Å². The van der Waals surface area contributed by atoms with Gasteiger partial charge in [0.2, 0.25) is 0 Å². The standard InChI is InChI=1S/C15H26BrN3/c1-4-8-17-10-13-7-6-12(13)9-14-15(16)11(3)18-19(14)5-2/h12-13,17H,4-10H2,1-3H3. The van der Waals surface area contributed by atoms with Gasteiger partial charge in [-0.3, -0.25) is 4.68 Å². The minimum Gasteiger partial charge on any atom is -0.316 e. The molecule has 1 aromatic rings. The lowest BCUT2D eigenvalue weighted by Crippen LogP contribution is -2.37. The Morgan fingerprint density at radius 1 is 1.32 bits per heavy atom. The second-order valence-corrected chi connectivity index (χ2v) is 6.46. The lowest BCUT2D eigenvalue weighted by Gasteiger charge is -2.37. The van der Waals surface area contributed by atoms with Gasteiger partial charge in [0.05, 0.1) is 15.9 Å². The molecule has 1 heterocycles. The molecule has 2 unspecified atom stereocenters. The lowest BCUT2D eigenvalue weighted by molar-refractivity contribution is 0.168. The van der Waals surface area contributed by atoms with E-state index < -0.39 is 0 Å². The van der Waals surface area contributed by atoms with E-state index in [-0.39, 0.29) is 0 Å². The fourth-order valence-corrected chi connectivity index (χ4v) is 3.40. The summed E-state index contributed by atoms with van der Waals surface area (Å²) in [5.41, 5.74) is 2.52. The van der Waals surface area contributed by atoms with Crippen LogP contribution in [-0.4, -0.2) is 22.9 Å². The van der Waals surface area contributed by atoms with Gasteiger partial charge in [-0.15, -0.1) is 0 Å². The Morgan fingerprint density at radius 3 is 2.63 bits per heavy atom. The first-order valence-corrected chi connectivity index (χ1v) is 8.39. The zero-order chi connectivity index (χ0) is 13.8. The third kappa shape index (κ3) is 3.40. The zero-order valence-electron chi connectivity index (χ0n) is 12.4. The van der Waals surface area contributed by atoms with Crippen LogP contribution < -0.4 is 5.32 Å². The average molecular weight is 328 g/mol. The molecule has 0 aromatic carbocycles. The summed E-state index contributed by atoms with van der Waals surface area (Å²) in [6.45, 7) is 9.79. The maximum atomic E-state index is 4.59. The predicted molar refractivity (Wildman–Crippen MR) is 83.4 cm³/mol. The molecule has 2 rings (SSSR count). The van der Waals surface area contributed by atoms with Crippen molar-refractivity contribution in [2.24, 2.45) is 11.8 Å². The highest BCUT2D eigenvalue weighted by Gasteiger charge is 2.32. The van der Waals surface area contributed by atoms with E-state index in [0.29, 0.717) is 0 Å². The Morgan fingerprint density at radius 2 is 2.05 bits per heavy atom. The molecule has 0 radical (unpaired) electrons. The molecule has 2 atom stereocenters. The Bertz CT molecular complexity index is 414. The van der Waals surface area contributed by atoms with Gasteiger partial charge in [-0.1, -0.05) is 6.92 Å². The van der Waals surface area contributed by atoms with Gasteiger partial charge in [0.25, 0.3) is 0 Å². The first kappa shape index (κ1) is 15.0. The fraction of sp³-hybridized carbons (Fsp3) is 0.800. The maximum Gasteiger partial charge on any atom is 0.0738 e. The van der Waals surface area contributed by atoms with Crippen molar-refractivity contribution >= 4 is 15.9 Å². The highest BCUT2D eigenvalue weighted by molar-refractivity contribution is 9.10. The molecule has 1 fully saturated rings. The van der Waals surface area contributed by atoms with Crippen LogP contribution in [-0.2, 0) is 13.0 Å². The number of hydrogen-bond acceptors (Lipinski definition) is 2. The van der Waals surface area contributed by atoms with Crippen LogP contribution in [0.1, 0.15) is 44.5 Å². The number of aryl methyl sites for hydroxylation is 2. The number of aromatic nitrogens is 2. The van der Waals surface area contributed by atoms with Crippen LogP contribution in [0.3, 0.4) is 0 Å². The summed E-state index contributed by atoms with van der Waals surface area (Å²) < 4.78 is 3.38. The van der Waals surface area contributed by atoms with E-state index in [9.17, 15) is 0 Å². The highest BCUT2D eigenvalue weighted by Crippen LogP contribution is 2.38. The van der Waals surface area contributed by atoms with Gasteiger partial charge < -0.3 is 5.32 Å². The van der Waals surface area contributed by atoms with Crippen molar-refractivity contribution < 1.29 is 0 Å². The molecule has 1 aliphatic carbocycles. The Hall–Kier alpha value is -0.350. The molecule has 19 heavy (non-hydrogen) atoms. The average Bonchev–Trinajstić information content (AvgIpc) is 2.66. The quantitative estimate of drug-likeness (QED) is 0.776. The summed E-state index contributed by atoms with van der Waals surface area (Å²) in [5.74, 6) is 1.70. The van der Waals surface area contributed by atoms with Gasteiger partial charge in [0.1, 0.15) is 0 Å². The molecule has 108 valence electrons. The molecule has 0 aliphatic heterocycles. The first-order valence-electron chi connectivity index (χ1n) is 7.59. The van der Waals surface area contributed by atoms with Crippen LogP contribution in [0.15, 0.2) is 4.47 Å². The van der Waals surface area contributed by atoms with E-state index in [1.807, 2.05) is 0 Å². The van der Waals surface area contributed by atoms with E-state index in [2.05, 4.69) is 51.8 Å². The van der Waals surface area contributed by atoms with Gasteiger partial charge in [-0.2, -0.15) is 5.10 Å². The summed E-state index contributed by atoms with van der Waals surface area (Å²) in [5, 5.41) is 8.16. The summed E-state index contributed by atoms with van der Waals surface area (Å²) in [4.78, 5) is 0. The lowest BCUT2D eigenvalue weighted by atomic mass is 9.71. The summed E-state index contributed by atoms with van der Waals surface area (Å²) in [7, 11) is 0. The largest absolute Gasteiger partial charge is 0.316 e. The van der Waals surface area contributed by atoms with Crippen LogP contribution >= 0.6 is 15.9 Å². The third-order valence-electron chi connectivity index (χ3n) is 4.32.